The Kier molecular flexibility index (Phi) is 6.33. The van der Waals surface area contributed by atoms with Crippen LogP contribution in [0, 0.1) is 0 Å². The molecule has 2 aliphatic heterocycles. The van der Waals surface area contributed by atoms with E-state index in [1.807, 2.05) is 18.2 Å². The van der Waals surface area contributed by atoms with E-state index in [0.717, 1.165) is 48.4 Å². The maximum Gasteiger partial charge on any atom is 0.251 e. The average Bonchev–Trinajstić information content (AvgIpc) is 3.30. The van der Waals surface area contributed by atoms with E-state index in [0.29, 0.717) is 17.7 Å². The van der Waals surface area contributed by atoms with Crippen LogP contribution in [0.1, 0.15) is 58.5 Å². The molecule has 2 heterocycles. The number of nitrogens with one attached hydrogen (secondary N) is 2. The molecule has 0 aromatic heterocycles. The van der Waals surface area contributed by atoms with Crippen molar-refractivity contribution in [2.75, 3.05) is 20.3 Å². The fourth-order valence-electron chi connectivity index (χ4n) is 4.30. The van der Waals surface area contributed by atoms with E-state index in [1.54, 1.807) is 37.5 Å². The average molecular weight is 435 g/mol. The van der Waals surface area contributed by atoms with E-state index in [2.05, 4.69) is 24.5 Å². The van der Waals surface area contributed by atoms with E-state index in [9.17, 15) is 9.59 Å². The van der Waals surface area contributed by atoms with Crippen LogP contribution in [0.5, 0.6) is 5.75 Å². The highest BCUT2D eigenvalue weighted by Gasteiger charge is 2.28. The highest BCUT2D eigenvalue weighted by atomic mass is 16.5. The molecule has 0 aliphatic carbocycles. The molecule has 1 saturated heterocycles. The summed E-state index contributed by atoms with van der Waals surface area (Å²) in [4.78, 5) is 25.7. The quantitative estimate of drug-likeness (QED) is 0.535. The molecule has 0 bridgehead atoms. The molecule has 6 nitrogen and oxygen atoms in total. The molecule has 6 heteroatoms. The maximum absolute atomic E-state index is 13.1. The Balaban J connectivity index is 1.55. The predicted molar refractivity (Wildman–Crippen MR) is 124 cm³/mol. The van der Waals surface area contributed by atoms with Gasteiger partial charge in [0.2, 0.25) is 0 Å². The third kappa shape index (κ3) is 5.02. The zero-order valence-electron chi connectivity index (χ0n) is 18.9. The van der Waals surface area contributed by atoms with Gasteiger partial charge in [-0.2, -0.15) is 0 Å². The van der Waals surface area contributed by atoms with Crippen LogP contribution < -0.4 is 15.4 Å². The summed E-state index contributed by atoms with van der Waals surface area (Å²) in [6.45, 7) is 5.45. The van der Waals surface area contributed by atoms with Gasteiger partial charge in [-0.05, 0) is 62.9 Å². The molecule has 2 aromatic carbocycles. The predicted octanol–water partition coefficient (Wildman–Crippen LogP) is 3.75. The van der Waals surface area contributed by atoms with E-state index in [1.165, 1.54) is 0 Å². The van der Waals surface area contributed by atoms with Crippen LogP contribution in [-0.4, -0.2) is 43.6 Å². The molecule has 1 unspecified atom stereocenters. The third-order valence-corrected chi connectivity index (χ3v) is 5.91. The van der Waals surface area contributed by atoms with Gasteiger partial charge in [-0.15, -0.1) is 0 Å². The van der Waals surface area contributed by atoms with Crippen molar-refractivity contribution in [3.8, 4) is 5.75 Å². The minimum absolute atomic E-state index is 0.0753. The largest absolute Gasteiger partial charge is 0.497 e. The minimum atomic E-state index is -0.199. The third-order valence-electron chi connectivity index (χ3n) is 5.91. The van der Waals surface area contributed by atoms with Crippen LogP contribution >= 0.6 is 0 Å². The van der Waals surface area contributed by atoms with Crippen molar-refractivity contribution in [2.24, 2.45) is 0 Å². The normalized spacial score (nSPS) is 20.3. The van der Waals surface area contributed by atoms with Gasteiger partial charge in [0.25, 0.3) is 5.91 Å². The van der Waals surface area contributed by atoms with Gasteiger partial charge in [0, 0.05) is 47.2 Å². The number of carbonyl (C=O) groups is 2. The van der Waals surface area contributed by atoms with Crippen molar-refractivity contribution in [2.45, 2.75) is 44.8 Å². The second kappa shape index (κ2) is 9.17. The first-order valence-electron chi connectivity index (χ1n) is 11.1. The van der Waals surface area contributed by atoms with E-state index in [-0.39, 0.29) is 23.3 Å². The molecule has 0 spiro atoms. The number of carbonyl (C=O) groups excluding carboxylic acids is 2. The summed E-state index contributed by atoms with van der Waals surface area (Å²) >= 11 is 0. The Bertz CT molecular complexity index is 1050. The number of hydrogen-bond acceptors (Lipinski definition) is 5. The number of hydrogen-bond donors (Lipinski definition) is 2. The summed E-state index contributed by atoms with van der Waals surface area (Å²) < 4.78 is 10.9. The Morgan fingerprint density at radius 3 is 2.78 bits per heavy atom. The summed E-state index contributed by atoms with van der Waals surface area (Å²) in [5.74, 6) is 0.385. The summed E-state index contributed by atoms with van der Waals surface area (Å²) in [5.41, 5.74) is 3.63. The first-order valence-corrected chi connectivity index (χ1v) is 11.1. The SMILES string of the molecule is COc1ccc2c(c1)/C(=C/C(=O)c1cccc(C(=O)NCC3CCCO3)c1)NC(C)(C)C2. The van der Waals surface area contributed by atoms with Crippen LogP contribution in [-0.2, 0) is 11.2 Å². The summed E-state index contributed by atoms with van der Waals surface area (Å²) in [6.07, 6.45) is 4.52. The lowest BCUT2D eigenvalue weighted by Crippen LogP contribution is -2.43. The molecule has 32 heavy (non-hydrogen) atoms. The van der Waals surface area contributed by atoms with Gasteiger partial charge < -0.3 is 20.1 Å². The highest BCUT2D eigenvalue weighted by molar-refractivity contribution is 6.10. The van der Waals surface area contributed by atoms with Gasteiger partial charge in [0.15, 0.2) is 5.78 Å². The first kappa shape index (κ1) is 22.1. The molecule has 0 saturated carbocycles. The number of amides is 1. The van der Waals surface area contributed by atoms with Gasteiger partial charge in [0.05, 0.1) is 13.2 Å². The fourth-order valence-corrected chi connectivity index (χ4v) is 4.30. The molecule has 4 rings (SSSR count). The van der Waals surface area contributed by atoms with Crippen LogP contribution in [0.25, 0.3) is 5.70 Å². The van der Waals surface area contributed by atoms with Crippen molar-refractivity contribution in [1.82, 2.24) is 10.6 Å². The number of allylic oxidation sites excluding steroid dienone is 1. The van der Waals surface area contributed by atoms with Crippen molar-refractivity contribution in [1.29, 1.82) is 0 Å². The first-order chi connectivity index (χ1) is 15.3. The van der Waals surface area contributed by atoms with Crippen LogP contribution in [0.15, 0.2) is 48.5 Å². The molecule has 2 N–H and O–H groups in total. The Morgan fingerprint density at radius 1 is 1.22 bits per heavy atom. The number of ether oxygens (including phenoxy) is 2. The Morgan fingerprint density at radius 2 is 2.03 bits per heavy atom. The molecule has 1 atom stereocenters. The molecule has 2 aromatic rings. The molecule has 0 radical (unpaired) electrons. The number of ketones is 1. The lowest BCUT2D eigenvalue weighted by atomic mass is 9.85. The molecular formula is C26H30N2O4. The summed E-state index contributed by atoms with van der Waals surface area (Å²) in [6, 6.07) is 12.8. The van der Waals surface area contributed by atoms with E-state index in [4.69, 9.17) is 9.47 Å². The van der Waals surface area contributed by atoms with Gasteiger partial charge in [0.1, 0.15) is 5.75 Å². The van der Waals surface area contributed by atoms with E-state index < -0.39 is 0 Å². The lowest BCUT2D eigenvalue weighted by Gasteiger charge is -2.35. The second-order valence-electron chi connectivity index (χ2n) is 9.06. The highest BCUT2D eigenvalue weighted by Crippen LogP contribution is 2.32. The van der Waals surface area contributed by atoms with Crippen LogP contribution in [0.3, 0.4) is 0 Å². The van der Waals surface area contributed by atoms with E-state index >= 15 is 0 Å². The van der Waals surface area contributed by atoms with Crippen LogP contribution in [0.2, 0.25) is 0 Å². The molecule has 1 amide bonds. The smallest absolute Gasteiger partial charge is 0.251 e. The summed E-state index contributed by atoms with van der Waals surface area (Å²) in [7, 11) is 1.63. The monoisotopic (exact) mass is 434 g/mol. The van der Waals surface area contributed by atoms with Crippen molar-refractivity contribution >= 4 is 17.4 Å². The topological polar surface area (TPSA) is 76.7 Å². The standard InChI is InChI=1S/C26H30N2O4/c1-26(2)15-19-9-10-20(31-3)13-22(19)23(28-26)14-24(29)17-6-4-7-18(12-17)25(30)27-16-21-8-5-11-32-21/h4,6-7,9-10,12-14,21,28H,5,8,11,15-16H2,1-3H3,(H,27,30)/b23-14-. The molecule has 168 valence electrons. The Labute approximate surface area is 189 Å². The molecule has 2 aliphatic rings. The van der Waals surface area contributed by atoms with Crippen molar-refractivity contribution in [3.63, 3.8) is 0 Å². The molecular weight excluding hydrogens is 404 g/mol. The number of fused-ring (bicyclic) bond motifs is 1. The maximum atomic E-state index is 13.1. The zero-order valence-corrected chi connectivity index (χ0v) is 18.9. The fraction of sp³-hybridized carbons (Fsp3) is 0.385. The second-order valence-corrected chi connectivity index (χ2v) is 9.06. The van der Waals surface area contributed by atoms with Gasteiger partial charge in [-0.25, -0.2) is 0 Å². The zero-order chi connectivity index (χ0) is 22.7. The van der Waals surface area contributed by atoms with Gasteiger partial charge in [-0.3, -0.25) is 9.59 Å². The number of rotatable bonds is 6. The van der Waals surface area contributed by atoms with Crippen LogP contribution in [0.4, 0.5) is 0 Å². The number of benzene rings is 2. The molecule has 1 fully saturated rings. The van der Waals surface area contributed by atoms with Gasteiger partial charge >= 0.3 is 0 Å². The lowest BCUT2D eigenvalue weighted by molar-refractivity contribution is 0.0858. The summed E-state index contributed by atoms with van der Waals surface area (Å²) in [5, 5.41) is 6.39. The van der Waals surface area contributed by atoms with Crippen molar-refractivity contribution in [3.05, 3.63) is 70.8 Å². The number of methoxy groups -OCH3 is 1. The Hall–Kier alpha value is -3.12. The van der Waals surface area contributed by atoms with Crippen molar-refractivity contribution < 1.29 is 19.1 Å². The minimum Gasteiger partial charge on any atom is -0.497 e. The van der Waals surface area contributed by atoms with Gasteiger partial charge in [-0.1, -0.05) is 18.2 Å².